The van der Waals surface area contributed by atoms with Gasteiger partial charge in [0, 0.05) is 37.6 Å². The lowest BCUT2D eigenvalue weighted by atomic mass is 10.1. The van der Waals surface area contributed by atoms with Crippen molar-refractivity contribution in [1.82, 2.24) is 10.6 Å². The highest BCUT2D eigenvalue weighted by Gasteiger charge is 2.17. The quantitative estimate of drug-likeness (QED) is 0.469. The number of rotatable bonds is 2. The second-order valence-electron chi connectivity index (χ2n) is 3.83. The van der Waals surface area contributed by atoms with Gasteiger partial charge in [-0.05, 0) is 17.7 Å². The molecule has 4 nitrogen and oxygen atoms in total. The van der Waals surface area contributed by atoms with Crippen LogP contribution in [0.2, 0.25) is 5.02 Å². The highest BCUT2D eigenvalue weighted by atomic mass is 127. The fraction of sp³-hybridized carbons (Fsp3) is 0.417. The summed E-state index contributed by atoms with van der Waals surface area (Å²) < 4.78 is 5.63. The second-order valence-corrected chi connectivity index (χ2v) is 4.26. The first-order valence-electron chi connectivity index (χ1n) is 5.57. The number of nitrogens with zero attached hydrogens (tertiary/aromatic N) is 1. The van der Waals surface area contributed by atoms with E-state index in [0.29, 0.717) is 6.54 Å². The van der Waals surface area contributed by atoms with Crippen molar-refractivity contribution in [3.63, 3.8) is 0 Å². The topological polar surface area (TPSA) is 45.7 Å². The van der Waals surface area contributed by atoms with Crippen molar-refractivity contribution in [3.05, 3.63) is 28.3 Å². The summed E-state index contributed by atoms with van der Waals surface area (Å²) in [5.74, 6) is 1.71. The maximum atomic E-state index is 6.08. The Bertz CT molecular complexity index is 451. The first kappa shape index (κ1) is 15.4. The molecular weight excluding hydrogens is 365 g/mol. The van der Waals surface area contributed by atoms with E-state index in [1.807, 2.05) is 19.2 Å². The number of fused-ring (bicyclic) bond motifs is 1. The maximum absolute atomic E-state index is 6.08. The van der Waals surface area contributed by atoms with Gasteiger partial charge in [-0.1, -0.05) is 11.6 Å². The molecule has 0 atom stereocenters. The molecule has 6 heteroatoms. The van der Waals surface area contributed by atoms with E-state index in [1.54, 1.807) is 7.05 Å². The summed E-state index contributed by atoms with van der Waals surface area (Å²) in [6.07, 6.45) is 0.934. The lowest BCUT2D eigenvalue weighted by molar-refractivity contribution is 0.353. The number of benzene rings is 1. The standard InChI is InChI=1S/C12H16ClN3O.HI/c1-14-12(15-2)16-7-9-6-10(13)5-8-3-4-17-11(8)9;/h5-6H,3-4,7H2,1-2H3,(H2,14,15,16);1H. The lowest BCUT2D eigenvalue weighted by Gasteiger charge is -2.12. The second kappa shape index (κ2) is 7.04. The van der Waals surface area contributed by atoms with Gasteiger partial charge < -0.3 is 15.4 Å². The number of guanidine groups is 1. The van der Waals surface area contributed by atoms with Gasteiger partial charge >= 0.3 is 0 Å². The molecule has 0 spiro atoms. The van der Waals surface area contributed by atoms with Crippen molar-refractivity contribution in [1.29, 1.82) is 0 Å². The van der Waals surface area contributed by atoms with Gasteiger partial charge in [0.1, 0.15) is 5.75 Å². The van der Waals surface area contributed by atoms with E-state index < -0.39 is 0 Å². The Hall–Kier alpha value is -0.690. The Labute approximate surface area is 129 Å². The SMILES string of the molecule is CN=C(NC)NCc1cc(Cl)cc2c1OCC2.I. The molecule has 0 aromatic heterocycles. The number of nitrogens with one attached hydrogen (secondary N) is 2. The van der Waals surface area contributed by atoms with Crippen LogP contribution < -0.4 is 15.4 Å². The summed E-state index contributed by atoms with van der Waals surface area (Å²) in [6, 6.07) is 3.90. The average Bonchev–Trinajstić information content (AvgIpc) is 2.78. The van der Waals surface area contributed by atoms with Crippen LogP contribution in [0, 0.1) is 0 Å². The fourth-order valence-electron chi connectivity index (χ4n) is 1.94. The summed E-state index contributed by atoms with van der Waals surface area (Å²) in [5.41, 5.74) is 2.26. The van der Waals surface area contributed by atoms with E-state index in [-0.39, 0.29) is 24.0 Å². The molecule has 0 unspecified atom stereocenters. The third-order valence-electron chi connectivity index (χ3n) is 2.73. The first-order valence-corrected chi connectivity index (χ1v) is 5.95. The van der Waals surface area contributed by atoms with Crippen molar-refractivity contribution in [2.75, 3.05) is 20.7 Å². The molecule has 1 heterocycles. The van der Waals surface area contributed by atoms with Crippen LogP contribution in [-0.4, -0.2) is 26.7 Å². The number of hydrogen-bond donors (Lipinski definition) is 2. The minimum absolute atomic E-state index is 0. The highest BCUT2D eigenvalue weighted by molar-refractivity contribution is 14.0. The molecule has 2 rings (SSSR count). The third kappa shape index (κ3) is 3.41. The predicted octanol–water partition coefficient (Wildman–Crippen LogP) is 2.19. The predicted molar refractivity (Wildman–Crippen MR) is 85.3 cm³/mol. The van der Waals surface area contributed by atoms with Crippen molar-refractivity contribution < 1.29 is 4.74 Å². The highest BCUT2D eigenvalue weighted by Crippen LogP contribution is 2.32. The molecule has 18 heavy (non-hydrogen) atoms. The van der Waals surface area contributed by atoms with Crippen LogP contribution in [0.5, 0.6) is 5.75 Å². The van der Waals surface area contributed by atoms with Gasteiger partial charge in [0.25, 0.3) is 0 Å². The van der Waals surface area contributed by atoms with Crippen molar-refractivity contribution in [2.24, 2.45) is 4.99 Å². The molecule has 0 bridgehead atoms. The zero-order valence-corrected chi connectivity index (χ0v) is 13.5. The summed E-state index contributed by atoms with van der Waals surface area (Å²) in [5, 5.41) is 6.92. The Morgan fingerprint density at radius 3 is 2.94 bits per heavy atom. The van der Waals surface area contributed by atoms with Crippen LogP contribution in [0.3, 0.4) is 0 Å². The van der Waals surface area contributed by atoms with Crippen LogP contribution in [-0.2, 0) is 13.0 Å². The Balaban J connectivity index is 0.00000162. The molecule has 0 aliphatic carbocycles. The van der Waals surface area contributed by atoms with Crippen molar-refractivity contribution in [3.8, 4) is 5.75 Å². The number of halogens is 2. The summed E-state index contributed by atoms with van der Waals surface area (Å²) in [4.78, 5) is 4.06. The molecule has 0 radical (unpaired) electrons. The molecule has 0 fully saturated rings. The van der Waals surface area contributed by atoms with Gasteiger partial charge in [-0.3, -0.25) is 4.99 Å². The van der Waals surface area contributed by atoms with Gasteiger partial charge in [0.15, 0.2) is 5.96 Å². The van der Waals surface area contributed by atoms with Crippen LogP contribution >= 0.6 is 35.6 Å². The number of aliphatic imine (C=N–C) groups is 1. The molecule has 1 aliphatic rings. The van der Waals surface area contributed by atoms with Crippen LogP contribution in [0.15, 0.2) is 17.1 Å². The normalized spacial score (nSPS) is 13.4. The number of hydrogen-bond acceptors (Lipinski definition) is 2. The average molecular weight is 382 g/mol. The minimum atomic E-state index is 0. The zero-order valence-electron chi connectivity index (χ0n) is 10.4. The van der Waals surface area contributed by atoms with Gasteiger partial charge in [-0.15, -0.1) is 24.0 Å². The van der Waals surface area contributed by atoms with E-state index in [4.69, 9.17) is 16.3 Å². The maximum Gasteiger partial charge on any atom is 0.190 e. The molecule has 0 amide bonds. The molecule has 1 aromatic rings. The van der Waals surface area contributed by atoms with E-state index in [1.165, 1.54) is 5.56 Å². The van der Waals surface area contributed by atoms with Crippen LogP contribution in [0.4, 0.5) is 0 Å². The monoisotopic (exact) mass is 381 g/mol. The van der Waals surface area contributed by atoms with Crippen LogP contribution in [0.25, 0.3) is 0 Å². The molecular formula is C12H17ClIN3O. The van der Waals surface area contributed by atoms with Gasteiger partial charge in [-0.25, -0.2) is 0 Å². The van der Waals surface area contributed by atoms with E-state index in [2.05, 4.69) is 15.6 Å². The largest absolute Gasteiger partial charge is 0.493 e. The minimum Gasteiger partial charge on any atom is -0.493 e. The van der Waals surface area contributed by atoms with Gasteiger partial charge in [-0.2, -0.15) is 0 Å². The van der Waals surface area contributed by atoms with Crippen LogP contribution in [0.1, 0.15) is 11.1 Å². The molecule has 1 aromatic carbocycles. The Morgan fingerprint density at radius 2 is 2.28 bits per heavy atom. The Morgan fingerprint density at radius 1 is 1.50 bits per heavy atom. The summed E-state index contributed by atoms with van der Waals surface area (Å²) >= 11 is 6.08. The smallest absolute Gasteiger partial charge is 0.190 e. The van der Waals surface area contributed by atoms with Gasteiger partial charge in [0.2, 0.25) is 0 Å². The van der Waals surface area contributed by atoms with E-state index in [0.717, 1.165) is 35.3 Å². The molecule has 2 N–H and O–H groups in total. The summed E-state index contributed by atoms with van der Waals surface area (Å²) in [7, 11) is 3.56. The van der Waals surface area contributed by atoms with Gasteiger partial charge in [0.05, 0.1) is 6.61 Å². The third-order valence-corrected chi connectivity index (χ3v) is 2.95. The molecule has 0 saturated heterocycles. The molecule has 1 aliphatic heterocycles. The zero-order chi connectivity index (χ0) is 12.3. The summed E-state index contributed by atoms with van der Waals surface area (Å²) in [6.45, 7) is 1.39. The first-order chi connectivity index (χ1) is 8.24. The molecule has 0 saturated carbocycles. The van der Waals surface area contributed by atoms with E-state index in [9.17, 15) is 0 Å². The number of ether oxygens (including phenoxy) is 1. The Kier molecular flexibility index (Phi) is 6.01. The lowest BCUT2D eigenvalue weighted by Crippen LogP contribution is -2.34. The molecule has 100 valence electrons. The fourth-order valence-corrected chi connectivity index (χ4v) is 2.20. The van der Waals surface area contributed by atoms with Crippen molar-refractivity contribution >= 4 is 41.5 Å². The van der Waals surface area contributed by atoms with E-state index >= 15 is 0 Å². The van der Waals surface area contributed by atoms with Crippen molar-refractivity contribution in [2.45, 2.75) is 13.0 Å².